The van der Waals surface area contributed by atoms with E-state index in [-0.39, 0.29) is 6.61 Å². The molecule has 0 unspecified atom stereocenters. The molecule has 4 nitrogen and oxygen atoms in total. The molecule has 0 amide bonds. The van der Waals surface area contributed by atoms with Crippen LogP contribution in [-0.4, -0.2) is 15.9 Å². The molecule has 0 bridgehead atoms. The second-order valence-corrected chi connectivity index (χ2v) is 7.82. The summed E-state index contributed by atoms with van der Waals surface area (Å²) >= 11 is 4.72. The second kappa shape index (κ2) is 7.26. The van der Waals surface area contributed by atoms with Crippen LogP contribution in [0.4, 0.5) is 0 Å². The van der Waals surface area contributed by atoms with E-state index in [1.807, 2.05) is 41.1 Å². The number of aromatic nitrogens is 2. The Morgan fingerprint density at radius 3 is 2.92 bits per heavy atom. The van der Waals surface area contributed by atoms with Crippen molar-refractivity contribution < 1.29 is 9.53 Å². The zero-order chi connectivity index (χ0) is 17.1. The van der Waals surface area contributed by atoms with Crippen molar-refractivity contribution in [2.45, 2.75) is 6.61 Å². The van der Waals surface area contributed by atoms with Gasteiger partial charge in [0, 0.05) is 22.4 Å². The minimum Gasteiger partial charge on any atom is -0.456 e. The molecule has 0 aliphatic heterocycles. The van der Waals surface area contributed by atoms with Gasteiger partial charge in [-0.2, -0.15) is 11.3 Å². The lowest BCUT2D eigenvalue weighted by Gasteiger charge is -1.97. The van der Waals surface area contributed by atoms with E-state index in [9.17, 15) is 4.79 Å². The summed E-state index contributed by atoms with van der Waals surface area (Å²) in [5, 5.41) is 7.71. The highest BCUT2D eigenvalue weighted by Gasteiger charge is 2.07. The zero-order valence-electron chi connectivity index (χ0n) is 12.9. The fraction of sp³-hybridized carbons (Fsp3) is 0.0556. The van der Waals surface area contributed by atoms with Crippen molar-refractivity contribution in [2.24, 2.45) is 0 Å². The number of hydrogen-bond acceptors (Lipinski definition) is 7. The maximum absolute atomic E-state index is 11.9. The molecule has 4 aromatic rings. The summed E-state index contributed by atoms with van der Waals surface area (Å²) in [4.78, 5) is 20.8. The van der Waals surface area contributed by atoms with Crippen LogP contribution in [0.1, 0.15) is 10.7 Å². The number of carbonyl (C=O) groups excluding carboxylic acids is 1. The number of hydrogen-bond donors (Lipinski definition) is 0. The van der Waals surface area contributed by atoms with Crippen LogP contribution in [0, 0.1) is 0 Å². The van der Waals surface area contributed by atoms with Crippen LogP contribution in [0.3, 0.4) is 0 Å². The van der Waals surface area contributed by atoms with Crippen LogP contribution in [0.25, 0.3) is 26.9 Å². The standard InChI is InChI=1S/C18H12N2O2S3/c21-17(6-5-16-20-14-3-1-2-4-15(14)25-16)22-9-13-11-24-18(19-13)12-7-8-23-10-12/h1-8,10-11H,9H2/b6-5+. The number of ether oxygens (including phenoxy) is 1. The fourth-order valence-electron chi connectivity index (χ4n) is 2.19. The molecule has 0 fully saturated rings. The molecule has 0 saturated heterocycles. The Kier molecular flexibility index (Phi) is 4.69. The number of nitrogens with zero attached hydrogens (tertiary/aromatic N) is 2. The molecule has 0 atom stereocenters. The second-order valence-electron chi connectivity index (χ2n) is 5.12. The van der Waals surface area contributed by atoms with Gasteiger partial charge in [0.25, 0.3) is 0 Å². The van der Waals surface area contributed by atoms with E-state index >= 15 is 0 Å². The first-order chi connectivity index (χ1) is 12.3. The SMILES string of the molecule is O=C(/C=C/c1nc2ccccc2s1)OCc1csc(-c2ccsc2)n1. The maximum atomic E-state index is 11.9. The Morgan fingerprint density at radius 1 is 1.16 bits per heavy atom. The number of rotatable bonds is 5. The minimum atomic E-state index is -0.399. The van der Waals surface area contributed by atoms with Gasteiger partial charge in [-0.1, -0.05) is 12.1 Å². The Hall–Kier alpha value is -2.35. The van der Waals surface area contributed by atoms with E-state index < -0.39 is 5.97 Å². The lowest BCUT2D eigenvalue weighted by atomic mass is 10.3. The van der Waals surface area contributed by atoms with Crippen LogP contribution in [0.5, 0.6) is 0 Å². The van der Waals surface area contributed by atoms with E-state index in [4.69, 9.17) is 4.74 Å². The van der Waals surface area contributed by atoms with Crippen molar-refractivity contribution in [3.63, 3.8) is 0 Å². The quantitative estimate of drug-likeness (QED) is 0.349. The zero-order valence-corrected chi connectivity index (χ0v) is 15.4. The molecular formula is C18H12N2O2S3. The van der Waals surface area contributed by atoms with Crippen molar-refractivity contribution in [1.82, 2.24) is 9.97 Å². The molecule has 0 radical (unpaired) electrons. The third-order valence-corrected chi connectivity index (χ3v) is 5.98. The number of carbonyl (C=O) groups is 1. The predicted octanol–water partition coefficient (Wildman–Crippen LogP) is 5.24. The summed E-state index contributed by atoms with van der Waals surface area (Å²) in [5.74, 6) is -0.399. The summed E-state index contributed by atoms with van der Waals surface area (Å²) in [6.45, 7) is 0.170. The summed E-state index contributed by atoms with van der Waals surface area (Å²) in [6, 6.07) is 9.91. The molecule has 7 heteroatoms. The number of para-hydroxylation sites is 1. The van der Waals surface area contributed by atoms with Gasteiger partial charge in [0.05, 0.1) is 15.9 Å². The molecule has 0 N–H and O–H groups in total. The minimum absolute atomic E-state index is 0.170. The fourth-order valence-corrected chi connectivity index (χ4v) is 4.57. The molecule has 0 saturated carbocycles. The van der Waals surface area contributed by atoms with Crippen molar-refractivity contribution in [1.29, 1.82) is 0 Å². The van der Waals surface area contributed by atoms with Gasteiger partial charge in [-0.3, -0.25) is 0 Å². The largest absolute Gasteiger partial charge is 0.456 e. The Bertz CT molecular complexity index is 999. The third-order valence-electron chi connectivity index (χ3n) is 3.35. The van der Waals surface area contributed by atoms with Crippen LogP contribution in [0.15, 0.2) is 52.5 Å². The molecule has 124 valence electrons. The van der Waals surface area contributed by atoms with Gasteiger partial charge < -0.3 is 4.74 Å². The Balaban J connectivity index is 1.36. The van der Waals surface area contributed by atoms with Crippen LogP contribution >= 0.6 is 34.0 Å². The average Bonchev–Trinajstić information content (AvgIpc) is 3.37. The molecule has 3 aromatic heterocycles. The van der Waals surface area contributed by atoms with Gasteiger partial charge in [0.15, 0.2) is 0 Å². The molecule has 4 rings (SSSR count). The highest BCUT2D eigenvalue weighted by molar-refractivity contribution is 7.19. The Morgan fingerprint density at radius 2 is 2.08 bits per heavy atom. The van der Waals surface area contributed by atoms with Crippen molar-refractivity contribution in [3.8, 4) is 10.6 Å². The van der Waals surface area contributed by atoms with E-state index in [0.29, 0.717) is 0 Å². The molecule has 0 spiro atoms. The predicted molar refractivity (Wildman–Crippen MR) is 104 cm³/mol. The monoisotopic (exact) mass is 384 g/mol. The maximum Gasteiger partial charge on any atom is 0.331 e. The van der Waals surface area contributed by atoms with Crippen LogP contribution in [-0.2, 0) is 16.1 Å². The van der Waals surface area contributed by atoms with Gasteiger partial charge in [0.2, 0.25) is 0 Å². The van der Waals surface area contributed by atoms with Gasteiger partial charge in [0.1, 0.15) is 16.6 Å². The van der Waals surface area contributed by atoms with Crippen molar-refractivity contribution >= 4 is 56.3 Å². The lowest BCUT2D eigenvalue weighted by Crippen LogP contribution is -2.00. The van der Waals surface area contributed by atoms with Gasteiger partial charge in [-0.05, 0) is 29.7 Å². The van der Waals surface area contributed by atoms with Crippen molar-refractivity contribution in [2.75, 3.05) is 0 Å². The smallest absolute Gasteiger partial charge is 0.331 e. The molecular weight excluding hydrogens is 372 g/mol. The molecule has 3 heterocycles. The van der Waals surface area contributed by atoms with Crippen LogP contribution < -0.4 is 0 Å². The summed E-state index contributed by atoms with van der Waals surface area (Å²) in [7, 11) is 0. The summed E-state index contributed by atoms with van der Waals surface area (Å²) < 4.78 is 6.35. The normalized spacial score (nSPS) is 11.4. The number of benzene rings is 1. The summed E-state index contributed by atoms with van der Waals surface area (Å²) in [6.07, 6.45) is 3.09. The highest BCUT2D eigenvalue weighted by atomic mass is 32.1. The molecule has 25 heavy (non-hydrogen) atoms. The molecule has 0 aliphatic rings. The van der Waals surface area contributed by atoms with Gasteiger partial charge in [-0.15, -0.1) is 22.7 Å². The summed E-state index contributed by atoms with van der Waals surface area (Å²) in [5.41, 5.74) is 2.79. The first-order valence-corrected chi connectivity index (χ1v) is 10.1. The molecule has 1 aromatic carbocycles. The van der Waals surface area contributed by atoms with Gasteiger partial charge >= 0.3 is 5.97 Å². The first-order valence-electron chi connectivity index (χ1n) is 7.45. The third kappa shape index (κ3) is 3.84. The van der Waals surface area contributed by atoms with Gasteiger partial charge in [-0.25, -0.2) is 14.8 Å². The van der Waals surface area contributed by atoms with Crippen molar-refractivity contribution in [3.05, 3.63) is 63.2 Å². The Labute approximate surface area is 156 Å². The number of esters is 1. The number of fused-ring (bicyclic) bond motifs is 1. The number of thiazole rings is 2. The van der Waals surface area contributed by atoms with E-state index in [0.717, 1.165) is 31.5 Å². The highest BCUT2D eigenvalue weighted by Crippen LogP contribution is 2.26. The lowest BCUT2D eigenvalue weighted by molar-refractivity contribution is -0.139. The number of thiophene rings is 1. The topological polar surface area (TPSA) is 52.1 Å². The first kappa shape index (κ1) is 16.1. The average molecular weight is 385 g/mol. The molecule has 0 aliphatic carbocycles. The van der Waals surface area contributed by atoms with E-state index in [2.05, 4.69) is 15.3 Å². The van der Waals surface area contributed by atoms with E-state index in [1.54, 1.807) is 40.1 Å². The van der Waals surface area contributed by atoms with Crippen LogP contribution in [0.2, 0.25) is 0 Å². The van der Waals surface area contributed by atoms with E-state index in [1.165, 1.54) is 6.08 Å².